The Morgan fingerprint density at radius 2 is 1.70 bits per heavy atom. The van der Waals surface area contributed by atoms with Crippen LogP contribution >= 0.6 is 24.0 Å². The van der Waals surface area contributed by atoms with Crippen LogP contribution in [0.4, 0.5) is 0 Å². The van der Waals surface area contributed by atoms with Gasteiger partial charge >= 0.3 is 0 Å². The lowest BCUT2D eigenvalue weighted by Gasteiger charge is -2.18. The average Bonchev–Trinajstić information content (AvgIpc) is 2.77. The van der Waals surface area contributed by atoms with Crippen molar-refractivity contribution >= 4 is 35.8 Å². The van der Waals surface area contributed by atoms with Gasteiger partial charge in [0.2, 0.25) is 0 Å². The first-order valence-corrected chi connectivity index (χ1v) is 10.1. The Hall–Kier alpha value is -2.29. The molecule has 164 valence electrons. The van der Waals surface area contributed by atoms with Gasteiger partial charge in [-0.1, -0.05) is 30.3 Å². The van der Waals surface area contributed by atoms with Crippen molar-refractivity contribution in [3.8, 4) is 5.75 Å². The van der Waals surface area contributed by atoms with Crippen LogP contribution in [-0.4, -0.2) is 50.6 Å². The first kappa shape index (κ1) is 25.7. The molecule has 2 N–H and O–H groups in total. The number of aliphatic imine (C=N–C) groups is 1. The summed E-state index contributed by atoms with van der Waals surface area (Å²) >= 11 is 0. The zero-order valence-electron chi connectivity index (χ0n) is 18.3. The maximum absolute atomic E-state index is 12.4. The number of benzene rings is 2. The Labute approximate surface area is 197 Å². The quantitative estimate of drug-likeness (QED) is 0.298. The molecule has 0 spiro atoms. The Kier molecular flexibility index (Phi) is 11.9. The molecule has 0 saturated carbocycles. The van der Waals surface area contributed by atoms with Gasteiger partial charge in [-0.15, -0.1) is 24.0 Å². The molecule has 0 aromatic heterocycles. The summed E-state index contributed by atoms with van der Waals surface area (Å²) in [4.78, 5) is 18.5. The highest BCUT2D eigenvalue weighted by Crippen LogP contribution is 2.17. The molecular weight excluding hydrogens is 491 g/mol. The van der Waals surface area contributed by atoms with Gasteiger partial charge in [0.1, 0.15) is 5.75 Å². The van der Waals surface area contributed by atoms with Crippen molar-refractivity contribution in [2.75, 3.05) is 33.8 Å². The molecule has 0 aliphatic heterocycles. The van der Waals surface area contributed by atoms with E-state index in [-0.39, 0.29) is 29.9 Å². The standard InChI is InChI=1S/C23H32N4O2.HI/c1-5-27(6-2)22(28)20-13-11-18(12-14-20)17-26-23(24-3)25-16-15-19-9-7-8-10-21(19)29-4;/h7-14H,5-6,15-17H2,1-4H3,(H2,24,25,26);1H. The molecule has 0 heterocycles. The Bertz CT molecular complexity index is 805. The number of hydrogen-bond acceptors (Lipinski definition) is 3. The number of halogens is 1. The predicted octanol–water partition coefficient (Wildman–Crippen LogP) is 3.70. The van der Waals surface area contributed by atoms with E-state index >= 15 is 0 Å². The third kappa shape index (κ3) is 7.51. The molecule has 1 amide bonds. The summed E-state index contributed by atoms with van der Waals surface area (Å²) < 4.78 is 5.39. The lowest BCUT2D eigenvalue weighted by atomic mass is 10.1. The number of hydrogen-bond donors (Lipinski definition) is 2. The Balaban J connectivity index is 0.00000450. The van der Waals surface area contributed by atoms with Crippen LogP contribution in [0, 0.1) is 0 Å². The summed E-state index contributed by atoms with van der Waals surface area (Å²) in [5.41, 5.74) is 2.97. The molecule has 2 aromatic carbocycles. The summed E-state index contributed by atoms with van der Waals surface area (Å²) in [6, 6.07) is 15.7. The van der Waals surface area contributed by atoms with Gasteiger partial charge in [0.25, 0.3) is 5.91 Å². The second-order valence-corrected chi connectivity index (χ2v) is 6.59. The second kappa shape index (κ2) is 13.8. The number of carbonyl (C=O) groups is 1. The molecule has 0 aliphatic rings. The fraction of sp³-hybridized carbons (Fsp3) is 0.391. The van der Waals surface area contributed by atoms with E-state index in [9.17, 15) is 4.79 Å². The first-order chi connectivity index (χ1) is 14.1. The second-order valence-electron chi connectivity index (χ2n) is 6.59. The van der Waals surface area contributed by atoms with Crippen LogP contribution in [0.3, 0.4) is 0 Å². The van der Waals surface area contributed by atoms with Gasteiger partial charge < -0.3 is 20.3 Å². The van der Waals surface area contributed by atoms with E-state index in [4.69, 9.17) is 4.74 Å². The number of nitrogens with one attached hydrogen (secondary N) is 2. The fourth-order valence-electron chi connectivity index (χ4n) is 3.09. The van der Waals surface area contributed by atoms with Crippen molar-refractivity contribution in [3.05, 3.63) is 65.2 Å². The van der Waals surface area contributed by atoms with Gasteiger partial charge in [-0.2, -0.15) is 0 Å². The van der Waals surface area contributed by atoms with Crippen molar-refractivity contribution < 1.29 is 9.53 Å². The lowest BCUT2D eigenvalue weighted by Crippen LogP contribution is -2.37. The van der Waals surface area contributed by atoms with Gasteiger partial charge in [-0.3, -0.25) is 9.79 Å². The summed E-state index contributed by atoms with van der Waals surface area (Å²) in [5, 5.41) is 6.63. The molecule has 0 saturated heterocycles. The van der Waals surface area contributed by atoms with Crippen LogP contribution < -0.4 is 15.4 Å². The minimum atomic E-state index is 0. The molecule has 0 unspecified atom stereocenters. The molecule has 0 radical (unpaired) electrons. The van der Waals surface area contributed by atoms with E-state index in [2.05, 4.69) is 21.7 Å². The minimum Gasteiger partial charge on any atom is -0.496 e. The van der Waals surface area contributed by atoms with Gasteiger partial charge in [0, 0.05) is 38.8 Å². The zero-order chi connectivity index (χ0) is 21.1. The highest BCUT2D eigenvalue weighted by Gasteiger charge is 2.11. The van der Waals surface area contributed by atoms with Crippen LogP contribution in [-0.2, 0) is 13.0 Å². The van der Waals surface area contributed by atoms with Gasteiger partial charge in [0.15, 0.2) is 5.96 Å². The van der Waals surface area contributed by atoms with Gasteiger partial charge in [-0.25, -0.2) is 0 Å². The van der Waals surface area contributed by atoms with Crippen molar-refractivity contribution in [3.63, 3.8) is 0 Å². The summed E-state index contributed by atoms with van der Waals surface area (Å²) in [7, 11) is 3.44. The molecule has 2 aromatic rings. The van der Waals surface area contributed by atoms with E-state index in [0.717, 1.165) is 54.5 Å². The van der Waals surface area contributed by atoms with E-state index in [1.807, 2.05) is 61.2 Å². The van der Waals surface area contributed by atoms with Gasteiger partial charge in [0.05, 0.1) is 7.11 Å². The van der Waals surface area contributed by atoms with Crippen LogP contribution in [0.5, 0.6) is 5.75 Å². The third-order valence-corrected chi connectivity index (χ3v) is 4.81. The van der Waals surface area contributed by atoms with Crippen molar-refractivity contribution in [2.45, 2.75) is 26.8 Å². The van der Waals surface area contributed by atoms with Gasteiger partial charge in [-0.05, 0) is 49.6 Å². The average molecular weight is 524 g/mol. The molecule has 0 aliphatic carbocycles. The number of ether oxygens (including phenoxy) is 1. The topological polar surface area (TPSA) is 66.0 Å². The SMILES string of the molecule is CCN(CC)C(=O)c1ccc(CNC(=NC)NCCc2ccccc2OC)cc1.I. The minimum absolute atomic E-state index is 0. The molecule has 0 atom stereocenters. The third-order valence-electron chi connectivity index (χ3n) is 4.81. The summed E-state index contributed by atoms with van der Waals surface area (Å²) in [6.45, 7) is 6.80. The monoisotopic (exact) mass is 524 g/mol. The van der Waals surface area contributed by atoms with Crippen LogP contribution in [0.25, 0.3) is 0 Å². The number of methoxy groups -OCH3 is 1. The smallest absolute Gasteiger partial charge is 0.253 e. The highest BCUT2D eigenvalue weighted by atomic mass is 127. The number of rotatable bonds is 9. The van der Waals surface area contributed by atoms with Crippen molar-refractivity contribution in [2.24, 2.45) is 4.99 Å². The lowest BCUT2D eigenvalue weighted by molar-refractivity contribution is 0.0773. The summed E-state index contributed by atoms with van der Waals surface area (Å²) in [6.07, 6.45) is 0.840. The maximum atomic E-state index is 12.4. The molecule has 2 rings (SSSR count). The molecule has 7 heteroatoms. The Morgan fingerprint density at radius 3 is 2.30 bits per heavy atom. The van der Waals surface area contributed by atoms with Crippen LogP contribution in [0.2, 0.25) is 0 Å². The number of carbonyl (C=O) groups excluding carboxylic acids is 1. The van der Waals surface area contributed by atoms with Crippen LogP contribution in [0.15, 0.2) is 53.5 Å². The van der Waals surface area contributed by atoms with Crippen LogP contribution in [0.1, 0.15) is 35.3 Å². The molecule has 0 bridgehead atoms. The van der Waals surface area contributed by atoms with Crippen molar-refractivity contribution in [1.82, 2.24) is 15.5 Å². The van der Waals surface area contributed by atoms with Crippen molar-refractivity contribution in [1.29, 1.82) is 0 Å². The van der Waals surface area contributed by atoms with E-state index < -0.39 is 0 Å². The number of nitrogens with zero attached hydrogens (tertiary/aromatic N) is 2. The number of guanidine groups is 1. The van der Waals surface area contributed by atoms with E-state index in [1.54, 1.807) is 14.2 Å². The molecule has 6 nitrogen and oxygen atoms in total. The number of para-hydroxylation sites is 1. The summed E-state index contributed by atoms with van der Waals surface area (Å²) in [5.74, 6) is 1.71. The largest absolute Gasteiger partial charge is 0.496 e. The van der Waals surface area contributed by atoms with E-state index in [1.165, 1.54) is 0 Å². The number of amides is 1. The zero-order valence-corrected chi connectivity index (χ0v) is 20.6. The van der Waals surface area contributed by atoms with E-state index in [0.29, 0.717) is 6.54 Å². The maximum Gasteiger partial charge on any atom is 0.253 e. The fourth-order valence-corrected chi connectivity index (χ4v) is 3.09. The Morgan fingerprint density at radius 1 is 1.03 bits per heavy atom. The molecular formula is C23H33IN4O2. The normalized spacial score (nSPS) is 10.7. The molecule has 30 heavy (non-hydrogen) atoms. The first-order valence-electron chi connectivity index (χ1n) is 10.1. The molecule has 0 fully saturated rings. The highest BCUT2D eigenvalue weighted by molar-refractivity contribution is 14.0. The predicted molar refractivity (Wildman–Crippen MR) is 134 cm³/mol.